The highest BCUT2D eigenvalue weighted by atomic mass is 16.4. The number of hydrogen-bond donors (Lipinski definition) is 7. The number of carbonyl (C=O) groups excluding carboxylic acids is 4. The van der Waals surface area contributed by atoms with Crippen LogP contribution < -0.4 is 16.0 Å². The summed E-state index contributed by atoms with van der Waals surface area (Å²) in [6.07, 6.45) is 16.0. The number of unbranched alkanes of at least 4 members (excludes halogenated alkanes) is 15. The van der Waals surface area contributed by atoms with Gasteiger partial charge < -0.3 is 36.4 Å². The van der Waals surface area contributed by atoms with Crippen LogP contribution in [0.1, 0.15) is 168 Å². The van der Waals surface area contributed by atoms with Crippen LogP contribution in [0.5, 0.6) is 0 Å². The zero-order chi connectivity index (χ0) is 40.0. The molecule has 0 bridgehead atoms. The summed E-state index contributed by atoms with van der Waals surface area (Å²) < 4.78 is 0. The molecule has 0 heterocycles. The summed E-state index contributed by atoms with van der Waals surface area (Å²) in [5, 5.41) is 43.9. The Balaban J connectivity index is 4.21. The van der Waals surface area contributed by atoms with E-state index in [1.807, 2.05) is 0 Å². The first-order valence-electron chi connectivity index (χ1n) is 19.4. The van der Waals surface area contributed by atoms with Crippen molar-refractivity contribution in [1.82, 2.24) is 16.0 Å². The van der Waals surface area contributed by atoms with Crippen LogP contribution in [0.15, 0.2) is 0 Å². The Morgan fingerprint density at radius 3 is 0.925 bits per heavy atom. The van der Waals surface area contributed by atoms with Gasteiger partial charge in [-0.3, -0.25) is 24.0 Å². The topological polar surface area (TPSA) is 254 Å². The lowest BCUT2D eigenvalue weighted by molar-refractivity contribution is -0.144. The Morgan fingerprint density at radius 2 is 0.642 bits per heavy atom. The third kappa shape index (κ3) is 28.2. The molecule has 0 radical (unpaired) electrons. The predicted molar refractivity (Wildman–Crippen MR) is 197 cm³/mol. The molecule has 0 saturated heterocycles. The SMILES string of the molecule is CC(C)C(=O)CCC(NC(=O)CC[C@H](NC(=O)CCC(NC(=O)CCCCCCCCCCCCCCCCCCC(=O)O)C(=O)O)C(=O)O)C(=O)O. The fourth-order valence-corrected chi connectivity index (χ4v) is 5.73. The van der Waals surface area contributed by atoms with Gasteiger partial charge in [-0.2, -0.15) is 0 Å². The molecule has 304 valence electrons. The molecule has 0 rings (SSSR count). The third-order valence-electron chi connectivity index (χ3n) is 9.09. The van der Waals surface area contributed by atoms with Crippen LogP contribution in [-0.4, -0.2) is 85.9 Å². The molecule has 7 N–H and O–H groups in total. The van der Waals surface area contributed by atoms with Gasteiger partial charge in [-0.15, -0.1) is 0 Å². The second-order valence-electron chi connectivity index (χ2n) is 14.2. The highest BCUT2D eigenvalue weighted by Gasteiger charge is 2.26. The number of rotatable bonds is 35. The first-order chi connectivity index (χ1) is 25.1. The van der Waals surface area contributed by atoms with Crippen LogP contribution >= 0.6 is 0 Å². The van der Waals surface area contributed by atoms with Gasteiger partial charge in [-0.1, -0.05) is 104 Å². The molecule has 15 nitrogen and oxygen atoms in total. The van der Waals surface area contributed by atoms with Crippen molar-refractivity contribution in [3.8, 4) is 0 Å². The molecule has 15 heteroatoms. The van der Waals surface area contributed by atoms with E-state index in [0.717, 1.165) is 44.9 Å². The number of hydrogen-bond acceptors (Lipinski definition) is 8. The number of carbonyl (C=O) groups is 8. The second kappa shape index (κ2) is 30.4. The maximum Gasteiger partial charge on any atom is 0.326 e. The minimum atomic E-state index is -1.49. The minimum absolute atomic E-state index is 0.0495. The largest absolute Gasteiger partial charge is 0.481 e. The van der Waals surface area contributed by atoms with Gasteiger partial charge in [0.2, 0.25) is 17.7 Å². The minimum Gasteiger partial charge on any atom is -0.481 e. The number of Topliss-reactive ketones (excluding diaryl/α,β-unsaturated/α-hetero) is 1. The van der Waals surface area contributed by atoms with Crippen LogP contribution in [0, 0.1) is 5.92 Å². The lowest BCUT2D eigenvalue weighted by Crippen LogP contribution is -2.45. The summed E-state index contributed by atoms with van der Waals surface area (Å²) >= 11 is 0. The molecule has 3 amide bonds. The van der Waals surface area contributed by atoms with Crippen molar-refractivity contribution >= 4 is 47.4 Å². The van der Waals surface area contributed by atoms with Crippen molar-refractivity contribution in [2.24, 2.45) is 5.92 Å². The van der Waals surface area contributed by atoms with Gasteiger partial charge in [0.25, 0.3) is 0 Å². The third-order valence-corrected chi connectivity index (χ3v) is 9.09. The van der Waals surface area contributed by atoms with Gasteiger partial charge in [-0.25, -0.2) is 14.4 Å². The molecule has 0 aliphatic rings. The van der Waals surface area contributed by atoms with Crippen molar-refractivity contribution in [3.05, 3.63) is 0 Å². The second-order valence-corrected chi connectivity index (χ2v) is 14.2. The quantitative estimate of drug-likeness (QED) is 0.0403. The average Bonchev–Trinajstić information content (AvgIpc) is 3.08. The summed E-state index contributed by atoms with van der Waals surface area (Å²) in [7, 11) is 0. The number of carboxylic acid groups (broad SMARTS) is 4. The van der Waals surface area contributed by atoms with E-state index < -0.39 is 72.6 Å². The highest BCUT2D eigenvalue weighted by Crippen LogP contribution is 2.15. The van der Waals surface area contributed by atoms with E-state index in [1.165, 1.54) is 51.4 Å². The summed E-state index contributed by atoms with van der Waals surface area (Å²) in [5.74, 6) is -7.27. The molecule has 0 fully saturated rings. The van der Waals surface area contributed by atoms with Gasteiger partial charge in [0.05, 0.1) is 0 Å². The highest BCUT2D eigenvalue weighted by molar-refractivity contribution is 5.87. The number of aliphatic carboxylic acids is 4. The molecule has 0 aromatic heterocycles. The number of nitrogens with one attached hydrogen (secondary N) is 3. The van der Waals surface area contributed by atoms with Crippen molar-refractivity contribution in [1.29, 1.82) is 0 Å². The lowest BCUT2D eigenvalue weighted by atomic mass is 10.0. The first-order valence-corrected chi connectivity index (χ1v) is 19.4. The standard InChI is InChI=1S/C38H65N3O12/c1-27(2)31(42)24-21-28(36(48)49)40-33(44)26-23-30(38(52)53)41-34(45)25-22-29(37(50)51)39-32(43)19-17-15-13-11-9-7-5-3-4-6-8-10-12-14-16-18-20-35(46)47/h27-30H,3-26H2,1-2H3,(H,39,43)(H,40,44)(H,41,45)(H,46,47)(H,48,49)(H,50,51)(H,52,53)/t28?,29?,30-/m0/s1. The smallest absolute Gasteiger partial charge is 0.326 e. The van der Waals surface area contributed by atoms with Crippen LogP contribution in [0.4, 0.5) is 0 Å². The van der Waals surface area contributed by atoms with Gasteiger partial charge in [-0.05, 0) is 32.1 Å². The Morgan fingerprint density at radius 1 is 0.377 bits per heavy atom. The molecule has 0 aromatic rings. The summed E-state index contributed by atoms with van der Waals surface area (Å²) in [6.45, 7) is 3.35. The van der Waals surface area contributed by atoms with Crippen molar-refractivity contribution in [3.63, 3.8) is 0 Å². The maximum absolute atomic E-state index is 12.4. The van der Waals surface area contributed by atoms with E-state index in [4.69, 9.17) is 5.11 Å². The van der Waals surface area contributed by atoms with E-state index in [-0.39, 0.29) is 50.2 Å². The molecule has 0 aliphatic carbocycles. The molecular formula is C38H65N3O12. The summed E-state index contributed by atoms with van der Waals surface area (Å²) in [6, 6.07) is -4.17. The Bertz CT molecular complexity index is 1140. The van der Waals surface area contributed by atoms with Gasteiger partial charge >= 0.3 is 23.9 Å². The first kappa shape index (κ1) is 49.0. The molecule has 53 heavy (non-hydrogen) atoms. The van der Waals surface area contributed by atoms with E-state index in [0.29, 0.717) is 6.42 Å². The van der Waals surface area contributed by atoms with E-state index in [1.54, 1.807) is 13.8 Å². The normalized spacial score (nSPS) is 12.7. The molecule has 3 atom stereocenters. The zero-order valence-electron chi connectivity index (χ0n) is 31.8. The predicted octanol–water partition coefficient (Wildman–Crippen LogP) is 5.37. The van der Waals surface area contributed by atoms with Crippen LogP contribution in [0.25, 0.3) is 0 Å². The van der Waals surface area contributed by atoms with Crippen molar-refractivity contribution in [2.75, 3.05) is 0 Å². The van der Waals surface area contributed by atoms with Crippen molar-refractivity contribution in [2.45, 2.75) is 186 Å². The van der Waals surface area contributed by atoms with Crippen molar-refractivity contribution < 1.29 is 58.8 Å². The maximum atomic E-state index is 12.4. The number of ketones is 1. The fraction of sp³-hybridized carbons (Fsp3) is 0.789. The van der Waals surface area contributed by atoms with Crippen LogP contribution in [0.2, 0.25) is 0 Å². The van der Waals surface area contributed by atoms with Crippen LogP contribution in [-0.2, 0) is 38.4 Å². The summed E-state index contributed by atoms with van der Waals surface area (Å²) in [5.41, 5.74) is 0. The Labute approximate surface area is 313 Å². The fourth-order valence-electron chi connectivity index (χ4n) is 5.73. The van der Waals surface area contributed by atoms with E-state index in [2.05, 4.69) is 16.0 Å². The lowest BCUT2D eigenvalue weighted by Gasteiger charge is -2.18. The monoisotopic (exact) mass is 755 g/mol. The molecule has 0 aromatic carbocycles. The molecule has 0 spiro atoms. The molecule has 0 saturated carbocycles. The summed E-state index contributed by atoms with van der Waals surface area (Å²) in [4.78, 5) is 94.3. The number of carboxylic acids is 4. The van der Waals surface area contributed by atoms with Gasteiger partial charge in [0.15, 0.2) is 0 Å². The molecule has 2 unspecified atom stereocenters. The zero-order valence-corrected chi connectivity index (χ0v) is 31.8. The van der Waals surface area contributed by atoms with Gasteiger partial charge in [0, 0.05) is 38.0 Å². The van der Waals surface area contributed by atoms with Crippen LogP contribution in [0.3, 0.4) is 0 Å². The Kier molecular flexibility index (Phi) is 28.1. The molecule has 0 aliphatic heterocycles. The number of amides is 3. The molecular weight excluding hydrogens is 690 g/mol. The van der Waals surface area contributed by atoms with Gasteiger partial charge in [0.1, 0.15) is 23.9 Å². The van der Waals surface area contributed by atoms with E-state index in [9.17, 15) is 53.7 Å². The average molecular weight is 756 g/mol. The van der Waals surface area contributed by atoms with E-state index >= 15 is 0 Å². The Hall–Kier alpha value is -4.04.